The number of hydrogen-bond acceptors (Lipinski definition) is 3. The van der Waals surface area contributed by atoms with E-state index in [2.05, 4.69) is 0 Å². The molecule has 4 N–H and O–H groups in total. The van der Waals surface area contributed by atoms with E-state index >= 15 is 0 Å². The molecule has 0 aromatic carbocycles. The Bertz CT molecular complexity index is 59.2. The van der Waals surface area contributed by atoms with Gasteiger partial charge in [-0.1, -0.05) is 0 Å². The van der Waals surface area contributed by atoms with Crippen molar-refractivity contribution in [1.29, 1.82) is 0 Å². The molecule has 0 aromatic rings. The molecule has 0 radical (unpaired) electrons. The Morgan fingerprint density at radius 2 is 1.33 bits per heavy atom. The van der Waals surface area contributed by atoms with Gasteiger partial charge in [-0.2, -0.15) is 0 Å². The molecule has 0 heterocycles. The summed E-state index contributed by atoms with van der Waals surface area (Å²) in [6.45, 7) is 0.188. The fourth-order valence-corrected chi connectivity index (χ4v) is 0.0707. The molecule has 0 unspecified atom stereocenters. The zero-order valence-corrected chi connectivity index (χ0v) is 6.44. The van der Waals surface area contributed by atoms with Crippen LogP contribution in [-0.4, -0.2) is 46.3 Å². The molecular weight excluding hydrogens is 195 g/mol. The Morgan fingerprint density at radius 1 is 1.11 bits per heavy atom. The molecule has 0 atom stereocenters. The van der Waals surface area contributed by atoms with Crippen molar-refractivity contribution in [3.8, 4) is 0 Å². The standard InChI is InChI=1S/C3H8O2.H2O3Se/c4-2-1-3-5;1-4(2)3/h4-5H,1-3H2;(H2,1,2,3). The van der Waals surface area contributed by atoms with Crippen LogP contribution >= 0.6 is 0 Å². The summed E-state index contributed by atoms with van der Waals surface area (Å²) in [7, 11) is 0. The van der Waals surface area contributed by atoms with Crippen LogP contribution in [-0.2, 0) is 3.83 Å². The fourth-order valence-electron chi connectivity index (χ4n) is 0.0707. The van der Waals surface area contributed by atoms with Crippen LogP contribution in [0.15, 0.2) is 0 Å². The van der Waals surface area contributed by atoms with Crippen molar-refractivity contribution < 1.29 is 22.4 Å². The van der Waals surface area contributed by atoms with Crippen molar-refractivity contribution in [2.24, 2.45) is 0 Å². The van der Waals surface area contributed by atoms with Crippen molar-refractivity contribution in [3.63, 3.8) is 0 Å². The van der Waals surface area contributed by atoms with E-state index in [-0.39, 0.29) is 13.2 Å². The molecule has 58 valence electrons. The number of aliphatic hydroxyl groups excluding tert-OH is 2. The number of hydrogen-bond donors (Lipinski definition) is 4. The molecule has 0 aliphatic rings. The van der Waals surface area contributed by atoms with Gasteiger partial charge in [-0.25, -0.2) is 0 Å². The van der Waals surface area contributed by atoms with Crippen molar-refractivity contribution in [2.75, 3.05) is 13.2 Å². The van der Waals surface area contributed by atoms with Crippen LogP contribution in [0.25, 0.3) is 0 Å². The third kappa shape index (κ3) is 66.4. The maximum absolute atomic E-state index is 8.76. The van der Waals surface area contributed by atoms with E-state index in [4.69, 9.17) is 22.4 Å². The van der Waals surface area contributed by atoms with Gasteiger partial charge in [0.15, 0.2) is 0 Å². The van der Waals surface area contributed by atoms with E-state index in [1.54, 1.807) is 0 Å². The average molecular weight is 205 g/mol. The second kappa shape index (κ2) is 11.0. The van der Waals surface area contributed by atoms with E-state index in [0.29, 0.717) is 6.42 Å². The van der Waals surface area contributed by atoms with Crippen LogP contribution in [0.1, 0.15) is 6.42 Å². The Kier molecular flexibility index (Phi) is 14.6. The smallest absolute Gasteiger partial charge is 0.0452 e. The third-order valence-corrected chi connectivity index (χ3v) is 0.316. The molecule has 6 heteroatoms. The van der Waals surface area contributed by atoms with E-state index in [1.807, 2.05) is 0 Å². The second-order valence-electron chi connectivity index (χ2n) is 1.03. The van der Waals surface area contributed by atoms with Crippen LogP contribution in [0.3, 0.4) is 0 Å². The average Bonchev–Trinajstić information content (AvgIpc) is 1.66. The first kappa shape index (κ1) is 11.9. The van der Waals surface area contributed by atoms with Gasteiger partial charge < -0.3 is 10.2 Å². The van der Waals surface area contributed by atoms with E-state index in [0.717, 1.165) is 0 Å². The predicted molar refractivity (Wildman–Crippen MR) is 29.7 cm³/mol. The van der Waals surface area contributed by atoms with Crippen LogP contribution < -0.4 is 0 Å². The van der Waals surface area contributed by atoms with Gasteiger partial charge in [-0.05, 0) is 6.42 Å². The summed E-state index contributed by atoms with van der Waals surface area (Å²) in [5.74, 6) is 0. The normalized spacial score (nSPS) is 8.56. The molecular formula is C3H10O5Se. The second-order valence-corrected chi connectivity index (χ2v) is 2.00. The zero-order chi connectivity index (χ0) is 7.70. The van der Waals surface area contributed by atoms with Gasteiger partial charge in [0, 0.05) is 13.2 Å². The summed E-state index contributed by atoms with van der Waals surface area (Å²) < 4.78 is 23.1. The Balaban J connectivity index is 0. The number of aliphatic hydroxyl groups is 2. The van der Waals surface area contributed by atoms with Gasteiger partial charge in [-0.3, -0.25) is 0 Å². The maximum atomic E-state index is 8.76. The minimum absolute atomic E-state index is 0.0938. The molecule has 5 nitrogen and oxygen atoms in total. The molecule has 0 aromatic heterocycles. The Hall–Kier alpha value is 0.159. The first-order chi connectivity index (χ1) is 4.15. The van der Waals surface area contributed by atoms with Crippen molar-refractivity contribution in [2.45, 2.75) is 6.42 Å². The zero-order valence-electron chi connectivity index (χ0n) is 4.73. The molecule has 0 aliphatic heterocycles. The Morgan fingerprint density at radius 3 is 1.33 bits per heavy atom. The summed E-state index contributed by atoms with van der Waals surface area (Å²) >= 11 is -3.29. The molecule has 0 saturated carbocycles. The molecule has 9 heavy (non-hydrogen) atoms. The SMILES string of the molecule is O=[Se](O)O.OCCCO. The molecule has 0 saturated heterocycles. The third-order valence-electron chi connectivity index (χ3n) is 0.316. The number of rotatable bonds is 2. The summed E-state index contributed by atoms with van der Waals surface area (Å²) in [6.07, 6.45) is 0.500. The summed E-state index contributed by atoms with van der Waals surface area (Å²) in [6, 6.07) is 0. The topological polar surface area (TPSA) is 98.0 Å². The molecule has 0 rings (SSSR count). The van der Waals surface area contributed by atoms with Crippen molar-refractivity contribution >= 4 is 14.5 Å². The summed E-state index contributed by atoms with van der Waals surface area (Å²) in [5, 5.41) is 15.8. The minimum atomic E-state index is -3.29. The molecule has 0 amide bonds. The largest absolute Gasteiger partial charge is 0.396 e. The van der Waals surface area contributed by atoms with Gasteiger partial charge in [0.05, 0.1) is 0 Å². The van der Waals surface area contributed by atoms with Gasteiger partial charge >= 0.3 is 26.7 Å². The minimum Gasteiger partial charge on any atom is -0.396 e. The van der Waals surface area contributed by atoms with Crippen LogP contribution in [0, 0.1) is 0 Å². The monoisotopic (exact) mass is 206 g/mol. The first-order valence-corrected chi connectivity index (χ1v) is 4.40. The first-order valence-electron chi connectivity index (χ1n) is 2.16. The quantitative estimate of drug-likeness (QED) is 0.382. The summed E-state index contributed by atoms with van der Waals surface area (Å²) in [5.41, 5.74) is 0. The molecule has 0 bridgehead atoms. The van der Waals surface area contributed by atoms with Crippen LogP contribution in [0.5, 0.6) is 0 Å². The Labute approximate surface area is 57.3 Å². The fraction of sp³-hybridized carbons (Fsp3) is 1.00. The van der Waals surface area contributed by atoms with Gasteiger partial charge in [0.1, 0.15) is 0 Å². The molecule has 0 spiro atoms. The van der Waals surface area contributed by atoms with Gasteiger partial charge in [0.25, 0.3) is 0 Å². The van der Waals surface area contributed by atoms with Crippen LogP contribution in [0.4, 0.5) is 0 Å². The predicted octanol–water partition coefficient (Wildman–Crippen LogP) is -2.25. The molecule has 0 aliphatic carbocycles. The van der Waals surface area contributed by atoms with Gasteiger partial charge in [0.2, 0.25) is 0 Å². The van der Waals surface area contributed by atoms with E-state index in [9.17, 15) is 0 Å². The molecule has 0 fully saturated rings. The van der Waals surface area contributed by atoms with Crippen molar-refractivity contribution in [3.05, 3.63) is 0 Å². The van der Waals surface area contributed by atoms with Crippen LogP contribution in [0.2, 0.25) is 0 Å². The van der Waals surface area contributed by atoms with Gasteiger partial charge in [-0.15, -0.1) is 0 Å². The maximum Gasteiger partial charge on any atom is 0.0452 e. The van der Waals surface area contributed by atoms with Crippen molar-refractivity contribution in [1.82, 2.24) is 0 Å². The summed E-state index contributed by atoms with van der Waals surface area (Å²) in [4.78, 5) is 0. The van der Waals surface area contributed by atoms with E-state index in [1.165, 1.54) is 0 Å². The van der Waals surface area contributed by atoms with E-state index < -0.39 is 14.5 Å².